The Kier molecular flexibility index (Phi) is 6.08. The van der Waals surface area contributed by atoms with Gasteiger partial charge in [-0.05, 0) is 36.6 Å². The Morgan fingerprint density at radius 1 is 1.03 bits per heavy atom. The quantitative estimate of drug-likeness (QED) is 0.790. The summed E-state index contributed by atoms with van der Waals surface area (Å²) in [5, 5.41) is 0. The number of carbonyl (C=O) groups excluding carboxylic acids is 1. The number of hydrogen-bond acceptors (Lipinski definition) is 5. The van der Waals surface area contributed by atoms with Gasteiger partial charge in [0.05, 0.1) is 17.5 Å². The second kappa shape index (κ2) is 8.75. The molecule has 2 atom stereocenters. The van der Waals surface area contributed by atoms with Crippen LogP contribution in [0.4, 0.5) is 4.79 Å². The highest BCUT2D eigenvalue weighted by atomic mass is 32.2. The van der Waals surface area contributed by atoms with Crippen LogP contribution in [0.25, 0.3) is 0 Å². The van der Waals surface area contributed by atoms with Crippen LogP contribution in [0.3, 0.4) is 0 Å². The van der Waals surface area contributed by atoms with Gasteiger partial charge in [-0.25, -0.2) is 17.9 Å². The minimum atomic E-state index is -3.63. The molecule has 1 aliphatic heterocycles. The summed E-state index contributed by atoms with van der Waals surface area (Å²) in [4.78, 5) is 16.3. The molecule has 160 valence electrons. The van der Waals surface area contributed by atoms with Gasteiger partial charge in [-0.15, -0.1) is 0 Å². The summed E-state index contributed by atoms with van der Waals surface area (Å²) in [6.45, 7) is 4.62. The SMILES string of the molecule is CCOC(=O)N1CCN([C@@H]2c3ccccc3C[C@@H]2NS(=O)(=O)c2ccccc2)CC1. The van der Waals surface area contributed by atoms with Gasteiger partial charge in [0.2, 0.25) is 10.0 Å². The Morgan fingerprint density at radius 2 is 1.70 bits per heavy atom. The first-order chi connectivity index (χ1) is 14.5. The molecule has 30 heavy (non-hydrogen) atoms. The molecule has 1 fully saturated rings. The van der Waals surface area contributed by atoms with Crippen molar-refractivity contribution in [2.75, 3.05) is 32.8 Å². The molecule has 1 heterocycles. The fourth-order valence-corrected chi connectivity index (χ4v) is 5.66. The van der Waals surface area contributed by atoms with Crippen molar-refractivity contribution in [1.82, 2.24) is 14.5 Å². The summed E-state index contributed by atoms with van der Waals surface area (Å²) >= 11 is 0. The standard InChI is InChI=1S/C22H27N3O4S/c1-2-29-22(26)25-14-12-24(13-15-25)21-19-11-7-6-8-17(19)16-20(21)23-30(27,28)18-9-4-3-5-10-18/h3-11,20-21,23H,2,12-16H2,1H3/t20-,21+/m0/s1. The van der Waals surface area contributed by atoms with Crippen molar-refractivity contribution in [1.29, 1.82) is 0 Å². The zero-order valence-corrected chi connectivity index (χ0v) is 17.8. The van der Waals surface area contributed by atoms with E-state index in [4.69, 9.17) is 4.74 Å². The van der Waals surface area contributed by atoms with Gasteiger partial charge in [-0.1, -0.05) is 42.5 Å². The lowest BCUT2D eigenvalue weighted by Crippen LogP contribution is -2.53. The first-order valence-corrected chi connectivity index (χ1v) is 11.8. The Balaban J connectivity index is 1.54. The highest BCUT2D eigenvalue weighted by Crippen LogP contribution is 2.37. The number of amides is 1. The van der Waals surface area contributed by atoms with Gasteiger partial charge in [0, 0.05) is 32.2 Å². The minimum Gasteiger partial charge on any atom is -0.450 e. The highest BCUT2D eigenvalue weighted by Gasteiger charge is 2.40. The number of fused-ring (bicyclic) bond motifs is 1. The van der Waals surface area contributed by atoms with E-state index in [-0.39, 0.29) is 23.1 Å². The molecular weight excluding hydrogens is 402 g/mol. The lowest BCUT2D eigenvalue weighted by atomic mass is 10.0. The maximum atomic E-state index is 13.0. The second-order valence-electron chi connectivity index (χ2n) is 7.61. The molecule has 0 radical (unpaired) electrons. The predicted molar refractivity (Wildman–Crippen MR) is 114 cm³/mol. The van der Waals surface area contributed by atoms with E-state index in [1.807, 2.05) is 12.1 Å². The van der Waals surface area contributed by atoms with Crippen LogP contribution in [-0.2, 0) is 21.2 Å². The summed E-state index contributed by atoms with van der Waals surface area (Å²) in [7, 11) is -3.63. The van der Waals surface area contributed by atoms with E-state index in [2.05, 4.69) is 21.8 Å². The number of ether oxygens (including phenoxy) is 1. The topological polar surface area (TPSA) is 79.0 Å². The van der Waals surface area contributed by atoms with Crippen molar-refractivity contribution in [3.05, 3.63) is 65.7 Å². The summed E-state index contributed by atoms with van der Waals surface area (Å²) in [5.74, 6) is 0. The largest absolute Gasteiger partial charge is 0.450 e. The van der Waals surface area contributed by atoms with Crippen LogP contribution in [0.15, 0.2) is 59.5 Å². The molecular formula is C22H27N3O4S. The number of benzene rings is 2. The molecule has 0 spiro atoms. The number of hydrogen-bond donors (Lipinski definition) is 1. The van der Waals surface area contributed by atoms with Gasteiger partial charge in [0.25, 0.3) is 0 Å². The molecule has 0 aromatic heterocycles. The van der Waals surface area contributed by atoms with Crippen molar-refractivity contribution < 1.29 is 17.9 Å². The monoisotopic (exact) mass is 429 g/mol. The van der Waals surface area contributed by atoms with Crippen LogP contribution in [-0.4, -0.2) is 63.1 Å². The molecule has 2 aliphatic rings. The third kappa shape index (κ3) is 4.21. The fourth-order valence-electron chi connectivity index (χ4n) is 4.40. The van der Waals surface area contributed by atoms with Gasteiger partial charge < -0.3 is 9.64 Å². The highest BCUT2D eigenvalue weighted by molar-refractivity contribution is 7.89. The van der Waals surface area contributed by atoms with E-state index in [0.29, 0.717) is 39.2 Å². The van der Waals surface area contributed by atoms with Gasteiger partial charge >= 0.3 is 6.09 Å². The molecule has 4 rings (SSSR count). The molecule has 2 aromatic rings. The summed E-state index contributed by atoms with van der Waals surface area (Å²) in [5.41, 5.74) is 2.32. The van der Waals surface area contributed by atoms with Gasteiger partial charge in [0.1, 0.15) is 0 Å². The van der Waals surface area contributed by atoms with Crippen molar-refractivity contribution in [3.63, 3.8) is 0 Å². The van der Waals surface area contributed by atoms with Crippen molar-refractivity contribution in [3.8, 4) is 0 Å². The van der Waals surface area contributed by atoms with Crippen LogP contribution in [0.5, 0.6) is 0 Å². The average molecular weight is 430 g/mol. The Morgan fingerprint density at radius 3 is 2.40 bits per heavy atom. The van der Waals surface area contributed by atoms with Crippen LogP contribution in [0.1, 0.15) is 24.1 Å². The third-order valence-electron chi connectivity index (χ3n) is 5.79. The van der Waals surface area contributed by atoms with E-state index in [9.17, 15) is 13.2 Å². The van der Waals surface area contributed by atoms with Crippen LogP contribution < -0.4 is 4.72 Å². The average Bonchev–Trinajstić information content (AvgIpc) is 3.11. The van der Waals surface area contributed by atoms with E-state index >= 15 is 0 Å². The molecule has 2 aromatic carbocycles. The molecule has 1 saturated heterocycles. The molecule has 1 aliphatic carbocycles. The van der Waals surface area contributed by atoms with E-state index in [1.54, 1.807) is 42.2 Å². The van der Waals surface area contributed by atoms with E-state index in [1.165, 1.54) is 0 Å². The minimum absolute atomic E-state index is 0.0657. The molecule has 8 heteroatoms. The number of nitrogens with one attached hydrogen (secondary N) is 1. The van der Waals surface area contributed by atoms with Crippen molar-refractivity contribution >= 4 is 16.1 Å². The second-order valence-corrected chi connectivity index (χ2v) is 9.32. The first-order valence-electron chi connectivity index (χ1n) is 10.3. The molecule has 0 bridgehead atoms. The summed E-state index contributed by atoms with van der Waals surface area (Å²) in [6, 6.07) is 16.3. The van der Waals surface area contributed by atoms with E-state index in [0.717, 1.165) is 11.1 Å². The zero-order valence-electron chi connectivity index (χ0n) is 17.0. The fraction of sp³-hybridized carbons (Fsp3) is 0.409. The van der Waals surface area contributed by atoms with Crippen molar-refractivity contribution in [2.45, 2.75) is 30.3 Å². The third-order valence-corrected chi connectivity index (χ3v) is 7.29. The smallest absolute Gasteiger partial charge is 0.409 e. The molecule has 0 unspecified atom stereocenters. The van der Waals surface area contributed by atoms with Crippen molar-refractivity contribution in [2.24, 2.45) is 0 Å². The number of carbonyl (C=O) groups is 1. The van der Waals surface area contributed by atoms with Gasteiger partial charge in [-0.2, -0.15) is 0 Å². The zero-order chi connectivity index (χ0) is 21.1. The normalized spacial score (nSPS) is 22.0. The van der Waals surface area contributed by atoms with Gasteiger partial charge in [0.15, 0.2) is 0 Å². The van der Waals surface area contributed by atoms with Crippen LogP contribution >= 0.6 is 0 Å². The summed E-state index contributed by atoms with van der Waals surface area (Å²) in [6.07, 6.45) is 0.357. The lowest BCUT2D eigenvalue weighted by molar-refractivity contribution is 0.0619. The maximum absolute atomic E-state index is 13.0. The van der Waals surface area contributed by atoms with E-state index < -0.39 is 10.0 Å². The Hall–Kier alpha value is -2.42. The number of rotatable bonds is 5. The lowest BCUT2D eigenvalue weighted by Gasteiger charge is -2.40. The molecule has 7 nitrogen and oxygen atoms in total. The van der Waals surface area contributed by atoms with Crippen LogP contribution in [0, 0.1) is 0 Å². The Bertz CT molecular complexity index is 988. The number of nitrogens with zero attached hydrogens (tertiary/aromatic N) is 2. The Labute approximate surface area is 177 Å². The van der Waals surface area contributed by atoms with Gasteiger partial charge in [-0.3, -0.25) is 4.90 Å². The number of piperazine rings is 1. The predicted octanol–water partition coefficient (Wildman–Crippen LogP) is 2.41. The van der Waals surface area contributed by atoms with Crippen LogP contribution in [0.2, 0.25) is 0 Å². The first kappa shape index (κ1) is 20.8. The molecule has 1 N–H and O–H groups in total. The number of sulfonamides is 1. The summed E-state index contributed by atoms with van der Waals surface area (Å²) < 4.78 is 34.0. The maximum Gasteiger partial charge on any atom is 0.409 e. The molecule has 0 saturated carbocycles. The molecule has 1 amide bonds.